The molecule has 2 N–H and O–H groups in total. The van der Waals surface area contributed by atoms with E-state index in [1.165, 1.54) is 5.56 Å². The van der Waals surface area contributed by atoms with Crippen molar-refractivity contribution in [1.82, 2.24) is 0 Å². The van der Waals surface area contributed by atoms with Crippen LogP contribution in [0.15, 0.2) is 18.2 Å². The van der Waals surface area contributed by atoms with E-state index < -0.39 is 0 Å². The minimum atomic E-state index is 0.554. The number of methoxy groups -OCH3 is 1. The molecule has 0 amide bonds. The molecule has 0 spiro atoms. The Morgan fingerprint density at radius 1 is 1.29 bits per heavy atom. The Balaban J connectivity index is 2.75. The van der Waals surface area contributed by atoms with Crippen LogP contribution in [0.1, 0.15) is 25.8 Å². The van der Waals surface area contributed by atoms with Crippen LogP contribution in [0.2, 0.25) is 0 Å². The van der Waals surface area contributed by atoms with Gasteiger partial charge in [-0.3, -0.25) is 0 Å². The van der Waals surface area contributed by atoms with Gasteiger partial charge >= 0.3 is 0 Å². The van der Waals surface area contributed by atoms with Crippen LogP contribution in [-0.2, 0) is 6.42 Å². The average molecular weight is 237 g/mol. The van der Waals surface area contributed by atoms with Gasteiger partial charge in [0.1, 0.15) is 0 Å². The second-order valence-corrected chi connectivity index (χ2v) is 4.35. The van der Waals surface area contributed by atoms with E-state index in [4.69, 9.17) is 15.2 Å². The molecule has 0 saturated heterocycles. The van der Waals surface area contributed by atoms with Gasteiger partial charge in [0.15, 0.2) is 11.5 Å². The molecule has 3 heteroatoms. The molecule has 0 heterocycles. The first kappa shape index (κ1) is 13.8. The Morgan fingerprint density at radius 3 is 2.65 bits per heavy atom. The van der Waals surface area contributed by atoms with Crippen molar-refractivity contribution in [3.63, 3.8) is 0 Å². The van der Waals surface area contributed by atoms with Gasteiger partial charge in [-0.05, 0) is 36.6 Å². The van der Waals surface area contributed by atoms with Crippen LogP contribution >= 0.6 is 0 Å². The highest BCUT2D eigenvalue weighted by molar-refractivity contribution is 5.43. The van der Waals surface area contributed by atoms with E-state index in [1.54, 1.807) is 7.11 Å². The molecular weight excluding hydrogens is 214 g/mol. The summed E-state index contributed by atoms with van der Waals surface area (Å²) < 4.78 is 11.1. The zero-order valence-electron chi connectivity index (χ0n) is 11.0. The highest BCUT2D eigenvalue weighted by atomic mass is 16.5. The van der Waals surface area contributed by atoms with Crippen LogP contribution in [0.3, 0.4) is 0 Å². The third-order valence-corrected chi connectivity index (χ3v) is 2.88. The van der Waals surface area contributed by atoms with Crippen molar-refractivity contribution in [1.29, 1.82) is 0 Å². The molecule has 0 aromatic heterocycles. The van der Waals surface area contributed by atoms with Gasteiger partial charge in [-0.2, -0.15) is 0 Å². The van der Waals surface area contributed by atoms with Crippen molar-refractivity contribution >= 4 is 0 Å². The topological polar surface area (TPSA) is 44.5 Å². The minimum Gasteiger partial charge on any atom is -0.493 e. The van der Waals surface area contributed by atoms with Gasteiger partial charge < -0.3 is 15.2 Å². The molecule has 0 fully saturated rings. The van der Waals surface area contributed by atoms with Crippen LogP contribution in [0.25, 0.3) is 0 Å². The van der Waals surface area contributed by atoms with Crippen LogP contribution in [0.4, 0.5) is 0 Å². The van der Waals surface area contributed by atoms with Gasteiger partial charge in [0.2, 0.25) is 0 Å². The van der Waals surface area contributed by atoms with E-state index in [1.807, 2.05) is 18.2 Å². The summed E-state index contributed by atoms with van der Waals surface area (Å²) in [7, 11) is 1.66. The summed E-state index contributed by atoms with van der Waals surface area (Å²) in [5, 5.41) is 0. The van der Waals surface area contributed by atoms with E-state index in [0.29, 0.717) is 12.5 Å². The van der Waals surface area contributed by atoms with E-state index >= 15 is 0 Å². The van der Waals surface area contributed by atoms with Gasteiger partial charge in [0.25, 0.3) is 0 Å². The fraction of sp³-hybridized carbons (Fsp3) is 0.571. The normalized spacial score (nSPS) is 12.2. The second-order valence-electron chi connectivity index (χ2n) is 4.35. The van der Waals surface area contributed by atoms with Crippen LogP contribution in [-0.4, -0.2) is 20.3 Å². The molecule has 96 valence electrons. The molecule has 1 atom stereocenters. The molecule has 1 aromatic carbocycles. The number of nitrogens with two attached hydrogens (primary N) is 1. The highest BCUT2D eigenvalue weighted by Crippen LogP contribution is 2.28. The fourth-order valence-corrected chi connectivity index (χ4v) is 1.51. The van der Waals surface area contributed by atoms with Crippen molar-refractivity contribution in [2.45, 2.75) is 26.7 Å². The molecule has 17 heavy (non-hydrogen) atoms. The Labute approximate surface area is 104 Å². The van der Waals surface area contributed by atoms with Crippen molar-refractivity contribution in [3.05, 3.63) is 23.8 Å². The Kier molecular flexibility index (Phi) is 5.84. The zero-order valence-corrected chi connectivity index (χ0v) is 11.0. The lowest BCUT2D eigenvalue weighted by Crippen LogP contribution is -2.09. The largest absolute Gasteiger partial charge is 0.493 e. The predicted molar refractivity (Wildman–Crippen MR) is 70.7 cm³/mol. The number of hydrogen-bond donors (Lipinski definition) is 1. The maximum Gasteiger partial charge on any atom is 0.161 e. The van der Waals surface area contributed by atoms with Gasteiger partial charge in [-0.1, -0.05) is 26.3 Å². The van der Waals surface area contributed by atoms with E-state index in [-0.39, 0.29) is 0 Å². The van der Waals surface area contributed by atoms with Crippen LogP contribution in [0, 0.1) is 5.92 Å². The number of benzene rings is 1. The zero-order chi connectivity index (χ0) is 12.7. The maximum absolute atomic E-state index is 5.80. The van der Waals surface area contributed by atoms with Gasteiger partial charge in [-0.25, -0.2) is 0 Å². The molecule has 0 radical (unpaired) electrons. The first-order valence-electron chi connectivity index (χ1n) is 6.21. The fourth-order valence-electron chi connectivity index (χ4n) is 1.51. The first-order chi connectivity index (χ1) is 8.21. The number of ether oxygens (including phenoxy) is 2. The minimum absolute atomic E-state index is 0.554. The second kappa shape index (κ2) is 7.17. The average Bonchev–Trinajstić information content (AvgIpc) is 2.36. The Morgan fingerprint density at radius 2 is 2.06 bits per heavy atom. The molecule has 0 aliphatic rings. The molecule has 3 nitrogen and oxygen atoms in total. The molecule has 1 aromatic rings. The maximum atomic E-state index is 5.80. The van der Waals surface area contributed by atoms with Gasteiger partial charge in [0.05, 0.1) is 13.7 Å². The standard InChI is InChI=1S/C14H23NO2/c1-4-11(2)10-17-14-9-12(7-8-15)5-6-13(14)16-3/h5-6,9,11H,4,7-8,10,15H2,1-3H3. The molecule has 0 aliphatic carbocycles. The molecule has 0 aliphatic heterocycles. The smallest absolute Gasteiger partial charge is 0.161 e. The molecule has 0 bridgehead atoms. The lowest BCUT2D eigenvalue weighted by molar-refractivity contribution is 0.244. The van der Waals surface area contributed by atoms with Crippen LogP contribution < -0.4 is 15.2 Å². The quantitative estimate of drug-likeness (QED) is 0.793. The summed E-state index contributed by atoms with van der Waals surface area (Å²) in [5.41, 5.74) is 6.74. The number of rotatable bonds is 7. The monoisotopic (exact) mass is 237 g/mol. The Hall–Kier alpha value is -1.22. The number of hydrogen-bond acceptors (Lipinski definition) is 3. The summed E-state index contributed by atoms with van der Waals surface area (Å²) in [5.74, 6) is 2.16. The molecule has 1 rings (SSSR count). The van der Waals surface area contributed by atoms with Gasteiger partial charge in [0, 0.05) is 0 Å². The lowest BCUT2D eigenvalue weighted by atomic mass is 10.1. The third-order valence-electron chi connectivity index (χ3n) is 2.88. The van der Waals surface area contributed by atoms with Crippen molar-refractivity contribution in [2.75, 3.05) is 20.3 Å². The summed E-state index contributed by atoms with van der Waals surface area (Å²) in [6.45, 7) is 5.71. The van der Waals surface area contributed by atoms with Crippen molar-refractivity contribution < 1.29 is 9.47 Å². The molecule has 1 unspecified atom stereocenters. The predicted octanol–water partition coefficient (Wildman–Crippen LogP) is 2.62. The Bertz CT molecular complexity index is 339. The van der Waals surface area contributed by atoms with E-state index in [0.717, 1.165) is 30.9 Å². The van der Waals surface area contributed by atoms with Crippen molar-refractivity contribution in [3.8, 4) is 11.5 Å². The summed E-state index contributed by atoms with van der Waals surface area (Å²) in [6.07, 6.45) is 1.98. The van der Waals surface area contributed by atoms with Crippen molar-refractivity contribution in [2.24, 2.45) is 11.7 Å². The summed E-state index contributed by atoms with van der Waals surface area (Å²) in [6, 6.07) is 5.99. The highest BCUT2D eigenvalue weighted by Gasteiger charge is 2.07. The SMILES string of the molecule is CCC(C)COc1cc(CCN)ccc1OC. The summed E-state index contributed by atoms with van der Waals surface area (Å²) in [4.78, 5) is 0. The molecule has 0 saturated carbocycles. The third kappa shape index (κ3) is 4.27. The van der Waals surface area contributed by atoms with E-state index in [9.17, 15) is 0 Å². The lowest BCUT2D eigenvalue weighted by Gasteiger charge is -2.14. The summed E-state index contributed by atoms with van der Waals surface area (Å²) >= 11 is 0. The first-order valence-corrected chi connectivity index (χ1v) is 6.21. The van der Waals surface area contributed by atoms with Crippen LogP contribution in [0.5, 0.6) is 11.5 Å². The molecular formula is C14H23NO2. The van der Waals surface area contributed by atoms with E-state index in [2.05, 4.69) is 13.8 Å². The van der Waals surface area contributed by atoms with Gasteiger partial charge in [-0.15, -0.1) is 0 Å².